The van der Waals surface area contributed by atoms with Crippen LogP contribution in [-0.2, 0) is 0 Å². The Balaban J connectivity index is 2.26. The van der Waals surface area contributed by atoms with Crippen molar-refractivity contribution < 1.29 is 0 Å². The highest BCUT2D eigenvalue weighted by molar-refractivity contribution is 6.34. The fraction of sp³-hybridized carbons (Fsp3) is 0.400. The molecular formula is C15H18ClN3. The van der Waals surface area contributed by atoms with Gasteiger partial charge in [0.25, 0.3) is 0 Å². The molecule has 0 saturated carbocycles. The van der Waals surface area contributed by atoms with Crippen molar-refractivity contribution in [2.75, 3.05) is 31.1 Å². The minimum absolute atomic E-state index is 0.753. The van der Waals surface area contributed by atoms with E-state index < -0.39 is 0 Å². The summed E-state index contributed by atoms with van der Waals surface area (Å²) in [5, 5.41) is 5.33. The van der Waals surface area contributed by atoms with E-state index in [0.29, 0.717) is 0 Å². The van der Waals surface area contributed by atoms with Gasteiger partial charge in [-0.2, -0.15) is 0 Å². The Morgan fingerprint density at radius 3 is 2.58 bits per heavy atom. The third-order valence-corrected chi connectivity index (χ3v) is 4.07. The first-order chi connectivity index (χ1) is 9.18. The molecule has 1 fully saturated rings. The monoisotopic (exact) mass is 275 g/mol. The van der Waals surface area contributed by atoms with Crippen LogP contribution in [-0.4, -0.2) is 31.2 Å². The SMILES string of the molecule is Cc1ccc(C)c2c(N3CCNCC3)c(Cl)cnc12. The third kappa shape index (κ3) is 2.17. The maximum atomic E-state index is 6.44. The summed E-state index contributed by atoms with van der Waals surface area (Å²) in [7, 11) is 0. The lowest BCUT2D eigenvalue weighted by molar-refractivity contribution is 0.590. The molecular weight excluding hydrogens is 258 g/mol. The highest BCUT2D eigenvalue weighted by atomic mass is 35.5. The molecule has 0 unspecified atom stereocenters. The van der Waals surface area contributed by atoms with Crippen molar-refractivity contribution in [1.29, 1.82) is 0 Å². The van der Waals surface area contributed by atoms with Crippen molar-refractivity contribution in [3.05, 3.63) is 34.5 Å². The van der Waals surface area contributed by atoms with Crippen molar-refractivity contribution in [1.82, 2.24) is 10.3 Å². The number of fused-ring (bicyclic) bond motifs is 1. The van der Waals surface area contributed by atoms with Crippen LogP contribution in [0.25, 0.3) is 10.9 Å². The van der Waals surface area contributed by atoms with Crippen LogP contribution in [0.3, 0.4) is 0 Å². The topological polar surface area (TPSA) is 28.2 Å². The number of piperazine rings is 1. The number of aryl methyl sites for hydroxylation is 2. The van der Waals surface area contributed by atoms with Gasteiger partial charge in [-0.05, 0) is 25.0 Å². The molecule has 0 bridgehead atoms. The Labute approximate surface area is 118 Å². The van der Waals surface area contributed by atoms with Gasteiger partial charge in [0.2, 0.25) is 0 Å². The molecule has 1 aromatic carbocycles. The van der Waals surface area contributed by atoms with Crippen molar-refractivity contribution in [2.45, 2.75) is 13.8 Å². The quantitative estimate of drug-likeness (QED) is 0.867. The third-order valence-electron chi connectivity index (χ3n) is 3.79. The molecule has 19 heavy (non-hydrogen) atoms. The number of pyridine rings is 1. The normalized spacial score (nSPS) is 16.1. The van der Waals surface area contributed by atoms with Gasteiger partial charge in [0.1, 0.15) is 0 Å². The van der Waals surface area contributed by atoms with E-state index in [1.807, 2.05) is 0 Å². The zero-order valence-electron chi connectivity index (χ0n) is 11.3. The summed E-state index contributed by atoms with van der Waals surface area (Å²) in [6.45, 7) is 8.23. The second-order valence-corrected chi connectivity index (χ2v) is 5.52. The highest BCUT2D eigenvalue weighted by Gasteiger charge is 2.19. The lowest BCUT2D eigenvalue weighted by Crippen LogP contribution is -2.43. The van der Waals surface area contributed by atoms with Gasteiger partial charge in [-0.15, -0.1) is 0 Å². The highest BCUT2D eigenvalue weighted by Crippen LogP contribution is 2.36. The van der Waals surface area contributed by atoms with Gasteiger partial charge in [0.15, 0.2) is 0 Å². The average Bonchev–Trinajstić information content (AvgIpc) is 2.44. The molecule has 0 radical (unpaired) electrons. The Morgan fingerprint density at radius 1 is 1.16 bits per heavy atom. The van der Waals surface area contributed by atoms with E-state index in [9.17, 15) is 0 Å². The lowest BCUT2D eigenvalue weighted by Gasteiger charge is -2.31. The molecule has 0 aliphatic carbocycles. The van der Waals surface area contributed by atoms with Gasteiger partial charge in [0.05, 0.1) is 16.2 Å². The van der Waals surface area contributed by atoms with E-state index in [0.717, 1.165) is 42.4 Å². The number of halogens is 1. The second kappa shape index (κ2) is 4.99. The predicted molar refractivity (Wildman–Crippen MR) is 81.3 cm³/mol. The summed E-state index contributed by atoms with van der Waals surface area (Å²) in [6.07, 6.45) is 1.79. The molecule has 2 aromatic rings. The van der Waals surface area contributed by atoms with Crippen molar-refractivity contribution in [2.24, 2.45) is 0 Å². The first-order valence-electron chi connectivity index (χ1n) is 6.68. The summed E-state index contributed by atoms with van der Waals surface area (Å²) < 4.78 is 0. The largest absolute Gasteiger partial charge is 0.367 e. The number of rotatable bonds is 1. The smallest absolute Gasteiger partial charge is 0.0829 e. The molecule has 1 aliphatic rings. The number of hydrogen-bond donors (Lipinski definition) is 1. The molecule has 4 heteroatoms. The van der Waals surface area contributed by atoms with Gasteiger partial charge in [-0.1, -0.05) is 23.7 Å². The Bertz CT molecular complexity index is 618. The molecule has 0 atom stereocenters. The summed E-state index contributed by atoms with van der Waals surface area (Å²) in [6, 6.07) is 4.28. The zero-order valence-corrected chi connectivity index (χ0v) is 12.1. The van der Waals surface area contributed by atoms with E-state index in [4.69, 9.17) is 11.6 Å². The first-order valence-corrected chi connectivity index (χ1v) is 7.06. The molecule has 1 aliphatic heterocycles. The van der Waals surface area contributed by atoms with Crippen molar-refractivity contribution in [3.63, 3.8) is 0 Å². The molecule has 0 amide bonds. The van der Waals surface area contributed by atoms with Crippen LogP contribution in [0.2, 0.25) is 5.02 Å². The number of nitrogens with zero attached hydrogens (tertiary/aromatic N) is 2. The fourth-order valence-corrected chi connectivity index (χ4v) is 3.02. The molecule has 1 aromatic heterocycles. The second-order valence-electron chi connectivity index (χ2n) is 5.11. The average molecular weight is 276 g/mol. The fourth-order valence-electron chi connectivity index (χ4n) is 2.76. The van der Waals surface area contributed by atoms with Crippen LogP contribution in [0.15, 0.2) is 18.3 Å². The van der Waals surface area contributed by atoms with Crippen LogP contribution in [0.1, 0.15) is 11.1 Å². The van der Waals surface area contributed by atoms with Crippen LogP contribution >= 0.6 is 11.6 Å². The Hall–Kier alpha value is -1.32. The predicted octanol–water partition coefficient (Wildman–Crippen LogP) is 2.91. The number of hydrogen-bond acceptors (Lipinski definition) is 3. The van der Waals surface area contributed by atoms with E-state index in [2.05, 4.69) is 41.2 Å². The van der Waals surface area contributed by atoms with Crippen LogP contribution in [0, 0.1) is 13.8 Å². The van der Waals surface area contributed by atoms with Gasteiger partial charge in [-0.3, -0.25) is 4.98 Å². The van der Waals surface area contributed by atoms with Crippen LogP contribution in [0.5, 0.6) is 0 Å². The van der Waals surface area contributed by atoms with Crippen molar-refractivity contribution >= 4 is 28.2 Å². The Morgan fingerprint density at radius 2 is 1.84 bits per heavy atom. The molecule has 0 spiro atoms. The first kappa shape index (κ1) is 12.7. The van der Waals surface area contributed by atoms with Gasteiger partial charge in [0, 0.05) is 37.8 Å². The number of nitrogens with one attached hydrogen (secondary N) is 1. The standard InChI is InChI=1S/C15H18ClN3/c1-10-3-4-11(2)14-13(10)15(12(16)9-18-14)19-7-5-17-6-8-19/h3-4,9,17H,5-8H2,1-2H3. The van der Waals surface area contributed by atoms with E-state index in [-0.39, 0.29) is 0 Å². The minimum atomic E-state index is 0.753. The van der Waals surface area contributed by atoms with Crippen LogP contribution in [0.4, 0.5) is 5.69 Å². The molecule has 2 heterocycles. The lowest BCUT2D eigenvalue weighted by atomic mass is 10.0. The minimum Gasteiger partial charge on any atom is -0.367 e. The molecule has 1 N–H and O–H groups in total. The maximum absolute atomic E-state index is 6.44. The molecule has 3 rings (SSSR count). The van der Waals surface area contributed by atoms with Gasteiger partial charge < -0.3 is 10.2 Å². The van der Waals surface area contributed by atoms with Crippen molar-refractivity contribution in [3.8, 4) is 0 Å². The zero-order chi connectivity index (χ0) is 13.4. The summed E-state index contributed by atoms with van der Waals surface area (Å²) >= 11 is 6.44. The Kier molecular flexibility index (Phi) is 3.33. The van der Waals surface area contributed by atoms with E-state index in [1.165, 1.54) is 16.5 Å². The van der Waals surface area contributed by atoms with E-state index in [1.54, 1.807) is 6.20 Å². The molecule has 3 nitrogen and oxygen atoms in total. The van der Waals surface area contributed by atoms with E-state index >= 15 is 0 Å². The summed E-state index contributed by atoms with van der Waals surface area (Å²) in [4.78, 5) is 6.89. The number of benzene rings is 1. The van der Waals surface area contributed by atoms with Crippen LogP contribution < -0.4 is 10.2 Å². The van der Waals surface area contributed by atoms with Gasteiger partial charge in [-0.25, -0.2) is 0 Å². The maximum Gasteiger partial charge on any atom is 0.0829 e. The molecule has 1 saturated heterocycles. The number of anilines is 1. The summed E-state index contributed by atoms with van der Waals surface area (Å²) in [5.41, 5.74) is 4.66. The summed E-state index contributed by atoms with van der Waals surface area (Å²) in [5.74, 6) is 0. The van der Waals surface area contributed by atoms with Gasteiger partial charge >= 0.3 is 0 Å². The number of aromatic nitrogens is 1. The molecule has 100 valence electrons.